The van der Waals surface area contributed by atoms with Crippen molar-refractivity contribution in [2.45, 2.75) is 6.61 Å². The predicted octanol–water partition coefficient (Wildman–Crippen LogP) is 6.29. The van der Waals surface area contributed by atoms with Crippen molar-refractivity contribution < 1.29 is 9.53 Å². The largest absolute Gasteiger partial charge is 0.488 e. The van der Waals surface area contributed by atoms with E-state index in [-0.39, 0.29) is 5.78 Å². The number of ether oxygens (including phenoxy) is 1. The highest BCUT2D eigenvalue weighted by molar-refractivity contribution is 7.13. The summed E-state index contributed by atoms with van der Waals surface area (Å²) in [6.45, 7) is 0.418. The van der Waals surface area contributed by atoms with Gasteiger partial charge in [-0.2, -0.15) is 0 Å². The van der Waals surface area contributed by atoms with E-state index in [0.29, 0.717) is 17.9 Å². The second-order valence-electron chi connectivity index (χ2n) is 6.41. The van der Waals surface area contributed by atoms with Crippen molar-refractivity contribution in [1.82, 2.24) is 4.98 Å². The molecule has 3 nitrogen and oxygen atoms in total. The van der Waals surface area contributed by atoms with Crippen LogP contribution >= 0.6 is 11.3 Å². The van der Waals surface area contributed by atoms with Crippen LogP contribution in [0.4, 0.5) is 0 Å². The van der Waals surface area contributed by atoms with Crippen molar-refractivity contribution in [2.24, 2.45) is 0 Å². The van der Waals surface area contributed by atoms with Crippen LogP contribution in [0, 0.1) is 0 Å². The molecule has 0 aliphatic heterocycles. The summed E-state index contributed by atoms with van der Waals surface area (Å²) in [5.41, 5.74) is 3.44. The van der Waals surface area contributed by atoms with E-state index in [1.165, 1.54) is 0 Å². The zero-order valence-electron chi connectivity index (χ0n) is 15.7. The molecule has 29 heavy (non-hydrogen) atoms. The molecule has 0 atom stereocenters. The Bertz CT molecular complexity index is 1120. The predicted molar refractivity (Wildman–Crippen MR) is 118 cm³/mol. The summed E-state index contributed by atoms with van der Waals surface area (Å²) in [6, 6.07) is 27.2. The second-order valence-corrected chi connectivity index (χ2v) is 7.27. The lowest BCUT2D eigenvalue weighted by molar-refractivity contribution is 0.104. The third kappa shape index (κ3) is 4.86. The summed E-state index contributed by atoms with van der Waals surface area (Å²) in [6.07, 6.45) is 3.30. The van der Waals surface area contributed by atoms with Crippen LogP contribution in [0.3, 0.4) is 0 Å². The van der Waals surface area contributed by atoms with Crippen molar-refractivity contribution >= 4 is 23.2 Å². The van der Waals surface area contributed by atoms with Crippen LogP contribution in [0.5, 0.6) is 5.75 Å². The molecule has 4 aromatic rings. The molecular formula is C25H19NO2S. The van der Waals surface area contributed by atoms with E-state index in [9.17, 15) is 4.79 Å². The number of allylic oxidation sites excluding steroid dienone is 1. The molecule has 0 saturated carbocycles. The van der Waals surface area contributed by atoms with Gasteiger partial charge in [-0.25, -0.2) is 4.98 Å². The summed E-state index contributed by atoms with van der Waals surface area (Å²) in [5, 5.41) is 2.88. The molecule has 0 radical (unpaired) electrons. The number of hydrogen-bond donors (Lipinski definition) is 0. The highest BCUT2D eigenvalue weighted by Crippen LogP contribution is 2.24. The summed E-state index contributed by atoms with van der Waals surface area (Å²) in [5.74, 6) is 0.470. The number of para-hydroxylation sites is 1. The molecule has 0 unspecified atom stereocenters. The first-order valence-corrected chi connectivity index (χ1v) is 10.2. The number of carbonyl (C=O) groups excluding carboxylic acids is 1. The van der Waals surface area contributed by atoms with Crippen LogP contribution in [0.25, 0.3) is 16.6 Å². The van der Waals surface area contributed by atoms with Gasteiger partial charge in [-0.05, 0) is 29.8 Å². The van der Waals surface area contributed by atoms with E-state index in [1.54, 1.807) is 29.6 Å². The molecule has 4 rings (SSSR count). The van der Waals surface area contributed by atoms with Gasteiger partial charge in [-0.15, -0.1) is 11.3 Å². The van der Waals surface area contributed by atoms with Gasteiger partial charge < -0.3 is 4.74 Å². The zero-order chi connectivity index (χ0) is 19.9. The summed E-state index contributed by atoms with van der Waals surface area (Å²) >= 11 is 1.56. The van der Waals surface area contributed by atoms with Crippen LogP contribution in [-0.4, -0.2) is 10.8 Å². The lowest BCUT2D eigenvalue weighted by atomic mass is 10.1. The van der Waals surface area contributed by atoms with Gasteiger partial charge in [0, 0.05) is 10.9 Å². The molecule has 3 aromatic carbocycles. The molecule has 0 saturated heterocycles. The van der Waals surface area contributed by atoms with Gasteiger partial charge in [0.15, 0.2) is 5.78 Å². The van der Waals surface area contributed by atoms with Crippen molar-refractivity contribution in [3.8, 4) is 16.3 Å². The van der Waals surface area contributed by atoms with Gasteiger partial charge in [0.05, 0.1) is 11.3 Å². The van der Waals surface area contributed by atoms with Gasteiger partial charge in [0.2, 0.25) is 0 Å². The molecule has 1 aromatic heterocycles. The highest BCUT2D eigenvalue weighted by atomic mass is 32.1. The van der Waals surface area contributed by atoms with Crippen molar-refractivity contribution in [2.75, 3.05) is 0 Å². The maximum absolute atomic E-state index is 12.7. The molecule has 142 valence electrons. The number of hydrogen-bond acceptors (Lipinski definition) is 4. The van der Waals surface area contributed by atoms with E-state index in [1.807, 2.05) is 84.2 Å². The van der Waals surface area contributed by atoms with E-state index in [2.05, 4.69) is 4.98 Å². The topological polar surface area (TPSA) is 39.2 Å². The zero-order valence-corrected chi connectivity index (χ0v) is 16.5. The fourth-order valence-corrected chi connectivity index (χ4v) is 3.65. The first-order valence-electron chi connectivity index (χ1n) is 9.29. The van der Waals surface area contributed by atoms with Crippen LogP contribution in [0.2, 0.25) is 0 Å². The molecule has 0 spiro atoms. The minimum absolute atomic E-state index is 0.108. The summed E-state index contributed by atoms with van der Waals surface area (Å²) in [4.78, 5) is 17.3. The van der Waals surface area contributed by atoms with E-state index in [0.717, 1.165) is 21.8 Å². The Morgan fingerprint density at radius 2 is 1.59 bits per heavy atom. The molecule has 4 heteroatoms. The van der Waals surface area contributed by atoms with Crippen LogP contribution in [-0.2, 0) is 6.61 Å². The van der Waals surface area contributed by atoms with Gasteiger partial charge in [-0.1, -0.05) is 72.8 Å². The number of benzene rings is 3. The smallest absolute Gasteiger partial charge is 0.189 e. The maximum Gasteiger partial charge on any atom is 0.189 e. The Morgan fingerprint density at radius 3 is 2.38 bits per heavy atom. The minimum Gasteiger partial charge on any atom is -0.488 e. The van der Waals surface area contributed by atoms with E-state index in [4.69, 9.17) is 4.74 Å². The first-order chi connectivity index (χ1) is 14.3. The number of thiazole rings is 1. The van der Waals surface area contributed by atoms with Gasteiger partial charge in [-0.3, -0.25) is 4.79 Å². The van der Waals surface area contributed by atoms with Crippen LogP contribution in [0.15, 0.2) is 96.4 Å². The molecule has 0 aliphatic rings. The number of ketones is 1. The van der Waals surface area contributed by atoms with Crippen LogP contribution < -0.4 is 4.74 Å². The molecule has 0 N–H and O–H groups in total. The minimum atomic E-state index is -0.108. The molecule has 0 amide bonds. The SMILES string of the molecule is O=C(C=Cc1csc(-c2ccccc2)n1)c1ccccc1OCc1ccccc1. The van der Waals surface area contributed by atoms with Crippen LogP contribution in [0.1, 0.15) is 21.6 Å². The quantitative estimate of drug-likeness (QED) is 0.272. The third-order valence-corrected chi connectivity index (χ3v) is 5.25. The van der Waals surface area contributed by atoms with Crippen molar-refractivity contribution in [1.29, 1.82) is 0 Å². The lowest BCUT2D eigenvalue weighted by Gasteiger charge is -2.09. The number of nitrogens with zero attached hydrogens (tertiary/aromatic N) is 1. The monoisotopic (exact) mass is 397 g/mol. The Balaban J connectivity index is 1.47. The maximum atomic E-state index is 12.7. The molecule has 0 bridgehead atoms. The summed E-state index contributed by atoms with van der Waals surface area (Å²) < 4.78 is 5.89. The third-order valence-electron chi connectivity index (χ3n) is 4.34. The Morgan fingerprint density at radius 1 is 0.897 bits per heavy atom. The fourth-order valence-electron chi connectivity index (χ4n) is 2.86. The van der Waals surface area contributed by atoms with Crippen molar-refractivity contribution in [3.05, 3.63) is 113 Å². The fraction of sp³-hybridized carbons (Fsp3) is 0.0400. The average Bonchev–Trinajstić information content (AvgIpc) is 3.27. The summed E-state index contributed by atoms with van der Waals surface area (Å²) in [7, 11) is 0. The molecule has 1 heterocycles. The van der Waals surface area contributed by atoms with E-state index >= 15 is 0 Å². The standard InChI is InChI=1S/C25H19NO2S/c27-23(16-15-21-18-29-25(26-21)20-11-5-2-6-12-20)22-13-7-8-14-24(22)28-17-19-9-3-1-4-10-19/h1-16,18H,17H2. The van der Waals surface area contributed by atoms with Gasteiger partial charge in [0.1, 0.15) is 17.4 Å². The highest BCUT2D eigenvalue weighted by Gasteiger charge is 2.10. The van der Waals surface area contributed by atoms with Crippen molar-refractivity contribution in [3.63, 3.8) is 0 Å². The molecule has 0 fully saturated rings. The van der Waals surface area contributed by atoms with Gasteiger partial charge >= 0.3 is 0 Å². The number of rotatable bonds is 7. The average molecular weight is 397 g/mol. The molecule has 0 aliphatic carbocycles. The Kier molecular flexibility index (Phi) is 5.93. The number of aromatic nitrogens is 1. The Hall–Kier alpha value is -3.50. The van der Waals surface area contributed by atoms with Gasteiger partial charge in [0.25, 0.3) is 0 Å². The Labute approximate surface area is 174 Å². The molecular weight excluding hydrogens is 378 g/mol. The lowest BCUT2D eigenvalue weighted by Crippen LogP contribution is -2.02. The normalized spacial score (nSPS) is 10.9. The first kappa shape index (κ1) is 18.8. The van der Waals surface area contributed by atoms with E-state index < -0.39 is 0 Å². The second kappa shape index (κ2) is 9.13. The number of carbonyl (C=O) groups is 1.